The van der Waals surface area contributed by atoms with E-state index in [2.05, 4.69) is 25.5 Å². The monoisotopic (exact) mass is 405 g/mol. The van der Waals surface area contributed by atoms with Gasteiger partial charge in [-0.1, -0.05) is 23.8 Å². The van der Waals surface area contributed by atoms with Gasteiger partial charge >= 0.3 is 0 Å². The standard InChI is InChI=1S/C22H23N5OS/c1-15-7-9-16(10-8-15)25-19(28)11-14-27-21(18-6-4-13-24-18)20(26-22(27)29)17-5-2-3-12-23-17/h2-10,12-13,20-21,24H,11,14H2,1H3,(H,25,28)(H,26,29). The van der Waals surface area contributed by atoms with E-state index in [1.165, 1.54) is 0 Å². The van der Waals surface area contributed by atoms with E-state index in [0.717, 1.165) is 22.6 Å². The maximum absolute atomic E-state index is 12.5. The molecule has 0 aliphatic carbocycles. The van der Waals surface area contributed by atoms with Gasteiger partial charge in [-0.25, -0.2) is 0 Å². The molecule has 0 saturated carbocycles. The lowest BCUT2D eigenvalue weighted by Crippen LogP contribution is -2.32. The number of aromatic amines is 1. The number of hydrogen-bond donors (Lipinski definition) is 3. The lowest BCUT2D eigenvalue weighted by molar-refractivity contribution is -0.116. The van der Waals surface area contributed by atoms with Gasteiger partial charge in [-0.2, -0.15) is 0 Å². The van der Waals surface area contributed by atoms with Gasteiger partial charge in [-0.05, 0) is 55.5 Å². The normalized spacial score (nSPS) is 18.5. The Morgan fingerprint density at radius 3 is 2.69 bits per heavy atom. The Morgan fingerprint density at radius 2 is 2.00 bits per heavy atom. The number of amides is 1. The fourth-order valence-corrected chi connectivity index (χ4v) is 3.93. The largest absolute Gasteiger partial charge is 0.363 e. The van der Waals surface area contributed by atoms with Crippen molar-refractivity contribution in [1.29, 1.82) is 0 Å². The van der Waals surface area contributed by atoms with Crippen LogP contribution in [0.4, 0.5) is 5.69 Å². The molecule has 0 spiro atoms. The molecule has 148 valence electrons. The molecule has 2 aromatic heterocycles. The average molecular weight is 406 g/mol. The van der Waals surface area contributed by atoms with Crippen molar-refractivity contribution in [3.8, 4) is 0 Å². The van der Waals surface area contributed by atoms with Crippen molar-refractivity contribution in [2.45, 2.75) is 25.4 Å². The molecule has 1 saturated heterocycles. The van der Waals surface area contributed by atoms with Gasteiger partial charge in [-0.15, -0.1) is 0 Å². The molecule has 7 heteroatoms. The lowest BCUT2D eigenvalue weighted by atomic mass is 10.0. The van der Waals surface area contributed by atoms with E-state index in [1.807, 2.05) is 67.7 Å². The molecule has 1 aromatic carbocycles. The van der Waals surface area contributed by atoms with Crippen molar-refractivity contribution in [3.05, 3.63) is 83.9 Å². The summed E-state index contributed by atoms with van der Waals surface area (Å²) in [7, 11) is 0. The van der Waals surface area contributed by atoms with E-state index in [9.17, 15) is 4.79 Å². The predicted molar refractivity (Wildman–Crippen MR) is 117 cm³/mol. The second kappa shape index (κ2) is 8.45. The SMILES string of the molecule is Cc1ccc(NC(=O)CCN2C(=S)NC(c3ccccn3)C2c2ccc[nH]2)cc1. The third-order valence-corrected chi connectivity index (χ3v) is 5.41. The Bertz CT molecular complexity index is 972. The first-order valence-electron chi connectivity index (χ1n) is 9.60. The predicted octanol–water partition coefficient (Wildman–Crippen LogP) is 3.72. The Balaban J connectivity index is 1.48. The van der Waals surface area contributed by atoms with E-state index in [0.29, 0.717) is 18.1 Å². The molecule has 3 aromatic rings. The quantitative estimate of drug-likeness (QED) is 0.545. The van der Waals surface area contributed by atoms with Gasteiger partial charge in [-0.3, -0.25) is 9.78 Å². The second-order valence-corrected chi connectivity index (χ2v) is 7.50. The summed E-state index contributed by atoms with van der Waals surface area (Å²) in [6.07, 6.45) is 4.01. The first-order valence-corrected chi connectivity index (χ1v) is 10.0. The molecule has 3 heterocycles. The number of rotatable bonds is 6. The molecule has 3 N–H and O–H groups in total. The van der Waals surface area contributed by atoms with Gasteiger partial charge in [0.2, 0.25) is 5.91 Å². The third-order valence-electron chi connectivity index (χ3n) is 5.05. The minimum atomic E-state index is -0.0810. The summed E-state index contributed by atoms with van der Waals surface area (Å²) in [6.45, 7) is 2.53. The number of carbonyl (C=O) groups is 1. The summed E-state index contributed by atoms with van der Waals surface area (Å²) < 4.78 is 0. The highest BCUT2D eigenvalue weighted by molar-refractivity contribution is 7.80. The first kappa shape index (κ1) is 19.1. The van der Waals surface area contributed by atoms with E-state index < -0.39 is 0 Å². The van der Waals surface area contributed by atoms with Crippen LogP contribution in [0.25, 0.3) is 0 Å². The highest BCUT2D eigenvalue weighted by atomic mass is 32.1. The number of aromatic nitrogens is 2. The van der Waals surface area contributed by atoms with Crippen molar-refractivity contribution in [3.63, 3.8) is 0 Å². The average Bonchev–Trinajstić information content (AvgIpc) is 3.36. The van der Waals surface area contributed by atoms with Gasteiger partial charge in [0, 0.05) is 36.7 Å². The lowest BCUT2D eigenvalue weighted by Gasteiger charge is -2.26. The molecule has 1 fully saturated rings. The van der Waals surface area contributed by atoms with Crippen LogP contribution < -0.4 is 10.6 Å². The molecule has 0 radical (unpaired) electrons. The Morgan fingerprint density at radius 1 is 1.17 bits per heavy atom. The van der Waals surface area contributed by atoms with Gasteiger partial charge in [0.15, 0.2) is 5.11 Å². The maximum Gasteiger partial charge on any atom is 0.226 e. The summed E-state index contributed by atoms with van der Waals surface area (Å²) in [4.78, 5) is 22.3. The summed E-state index contributed by atoms with van der Waals surface area (Å²) in [5.74, 6) is -0.0387. The van der Waals surface area contributed by atoms with Crippen molar-refractivity contribution in [1.82, 2.24) is 20.2 Å². The number of benzene rings is 1. The van der Waals surface area contributed by atoms with Gasteiger partial charge in [0.05, 0.1) is 17.8 Å². The van der Waals surface area contributed by atoms with Crippen LogP contribution in [0, 0.1) is 6.92 Å². The van der Waals surface area contributed by atoms with Crippen molar-refractivity contribution >= 4 is 28.9 Å². The second-order valence-electron chi connectivity index (χ2n) is 7.11. The Kier molecular flexibility index (Phi) is 5.57. The van der Waals surface area contributed by atoms with Crippen LogP contribution in [-0.2, 0) is 4.79 Å². The molecule has 4 rings (SSSR count). The fourth-order valence-electron chi connectivity index (χ4n) is 3.60. The van der Waals surface area contributed by atoms with Crippen LogP contribution in [0.5, 0.6) is 0 Å². The van der Waals surface area contributed by atoms with Crippen LogP contribution in [-0.4, -0.2) is 32.4 Å². The van der Waals surface area contributed by atoms with E-state index >= 15 is 0 Å². The molecule has 0 bridgehead atoms. The number of nitrogens with one attached hydrogen (secondary N) is 3. The number of carbonyl (C=O) groups excluding carboxylic acids is 1. The molecular weight excluding hydrogens is 382 g/mol. The number of nitrogens with zero attached hydrogens (tertiary/aromatic N) is 2. The number of pyridine rings is 1. The van der Waals surface area contributed by atoms with Gasteiger partial charge in [0.25, 0.3) is 0 Å². The Labute approximate surface area is 175 Å². The van der Waals surface area contributed by atoms with Crippen LogP contribution in [0.15, 0.2) is 67.0 Å². The summed E-state index contributed by atoms with van der Waals surface area (Å²) in [5.41, 5.74) is 3.91. The van der Waals surface area contributed by atoms with E-state index in [1.54, 1.807) is 6.20 Å². The molecule has 2 atom stereocenters. The Hall–Kier alpha value is -3.19. The van der Waals surface area contributed by atoms with Crippen molar-refractivity contribution in [2.75, 3.05) is 11.9 Å². The summed E-state index contributed by atoms with van der Waals surface area (Å²) in [6, 6.07) is 17.5. The molecular formula is C22H23N5OS. The fraction of sp³-hybridized carbons (Fsp3) is 0.227. The summed E-state index contributed by atoms with van der Waals surface area (Å²) >= 11 is 5.61. The molecule has 1 aliphatic rings. The molecule has 2 unspecified atom stereocenters. The van der Waals surface area contributed by atoms with Crippen LogP contribution >= 0.6 is 12.2 Å². The van der Waals surface area contributed by atoms with Gasteiger partial charge < -0.3 is 20.5 Å². The number of hydrogen-bond acceptors (Lipinski definition) is 3. The minimum Gasteiger partial charge on any atom is -0.363 e. The molecule has 1 amide bonds. The molecule has 1 aliphatic heterocycles. The van der Waals surface area contributed by atoms with Crippen LogP contribution in [0.1, 0.15) is 35.5 Å². The smallest absolute Gasteiger partial charge is 0.226 e. The molecule has 29 heavy (non-hydrogen) atoms. The van der Waals surface area contributed by atoms with Crippen molar-refractivity contribution in [2.24, 2.45) is 0 Å². The highest BCUT2D eigenvalue weighted by Crippen LogP contribution is 2.37. The first-order chi connectivity index (χ1) is 14.1. The van der Waals surface area contributed by atoms with Crippen LogP contribution in [0.2, 0.25) is 0 Å². The van der Waals surface area contributed by atoms with Crippen LogP contribution in [0.3, 0.4) is 0 Å². The number of aryl methyl sites for hydroxylation is 1. The zero-order valence-corrected chi connectivity index (χ0v) is 16.9. The minimum absolute atomic E-state index is 0.0387. The third kappa shape index (κ3) is 4.30. The molecule has 6 nitrogen and oxygen atoms in total. The number of anilines is 1. The summed E-state index contributed by atoms with van der Waals surface area (Å²) in [5, 5.41) is 6.96. The van der Waals surface area contributed by atoms with Crippen molar-refractivity contribution < 1.29 is 4.79 Å². The van der Waals surface area contributed by atoms with Gasteiger partial charge in [0.1, 0.15) is 0 Å². The zero-order valence-electron chi connectivity index (χ0n) is 16.1. The zero-order chi connectivity index (χ0) is 20.2. The van der Waals surface area contributed by atoms with E-state index in [4.69, 9.17) is 12.2 Å². The maximum atomic E-state index is 12.5. The number of thiocarbonyl (C=S) groups is 1. The topological polar surface area (TPSA) is 73.1 Å². The van der Waals surface area contributed by atoms with E-state index in [-0.39, 0.29) is 18.0 Å². The highest BCUT2D eigenvalue weighted by Gasteiger charge is 2.40. The number of H-pyrrole nitrogens is 1.